The van der Waals surface area contributed by atoms with Crippen molar-refractivity contribution >= 4 is 0 Å². The van der Waals surface area contributed by atoms with E-state index >= 15 is 0 Å². The second-order valence-electron chi connectivity index (χ2n) is 1.96. The molecule has 1 heteroatoms. The molecule has 0 spiro atoms. The van der Waals surface area contributed by atoms with Crippen LogP contribution in [0.4, 0.5) is 0 Å². The molecule has 0 radical (unpaired) electrons. The molecular weight excluding hydrogens is 175 g/mol. The molecule has 0 amide bonds. The van der Waals surface area contributed by atoms with Crippen LogP contribution in [-0.2, 0) is 26.2 Å². The maximum atomic E-state index is 3.12. The fraction of sp³-hybridized carbons (Fsp3) is 0.429. The third-order valence-corrected chi connectivity index (χ3v) is 1.37. The van der Waals surface area contributed by atoms with E-state index in [1.807, 2.05) is 0 Å². The number of rotatable bonds is 0. The van der Waals surface area contributed by atoms with Crippen molar-refractivity contribution in [3.8, 4) is 0 Å². The average Bonchev–Trinajstić information content (AvgIpc) is 1.91. The summed E-state index contributed by atoms with van der Waals surface area (Å²) >= 11 is 0. The summed E-state index contributed by atoms with van der Waals surface area (Å²) in [7, 11) is 0. The van der Waals surface area contributed by atoms with E-state index < -0.39 is 0 Å². The first-order chi connectivity index (χ1) is 3.30. The summed E-state index contributed by atoms with van der Waals surface area (Å²) in [6, 6.07) is 0. The monoisotopic (exact) mass is 183 g/mol. The van der Waals surface area contributed by atoms with Crippen LogP contribution in [0.5, 0.6) is 0 Å². The minimum absolute atomic E-state index is 0. The molecule has 8 heavy (non-hydrogen) atoms. The van der Waals surface area contributed by atoms with Gasteiger partial charge in [0.1, 0.15) is 0 Å². The zero-order valence-corrected chi connectivity index (χ0v) is 7.74. The number of hydrogen-bond donors (Lipinski definition) is 0. The molecule has 0 aromatic rings. The Hall–Kier alpha value is 0.363. The van der Waals surface area contributed by atoms with Gasteiger partial charge in [-0.2, -0.15) is 6.08 Å². The summed E-state index contributed by atoms with van der Waals surface area (Å²) in [6.45, 7) is 4.24. The molecule has 1 aliphatic carbocycles. The predicted octanol–water partition coefficient (Wildman–Crippen LogP) is 2.08. The number of allylic oxidation sites excluding steroid dienone is 4. The maximum absolute atomic E-state index is 3.12. The van der Waals surface area contributed by atoms with Crippen LogP contribution in [0.25, 0.3) is 0 Å². The van der Waals surface area contributed by atoms with Gasteiger partial charge in [-0.25, -0.2) is 11.1 Å². The zero-order chi connectivity index (χ0) is 5.28. The van der Waals surface area contributed by atoms with E-state index in [0.717, 1.165) is 6.42 Å². The molecule has 0 N–H and O–H groups in total. The molecule has 0 fully saturated rings. The van der Waals surface area contributed by atoms with Crippen LogP contribution in [0, 0.1) is 6.08 Å². The molecule has 0 aliphatic heterocycles. The quantitative estimate of drug-likeness (QED) is 0.506. The van der Waals surface area contributed by atoms with Crippen LogP contribution >= 0.6 is 0 Å². The van der Waals surface area contributed by atoms with E-state index in [1.54, 1.807) is 0 Å². The standard InChI is InChI=1S/C7H9.Zr/c1-6-4-3-5-7(6)2;/h3H,4H2,1-2H3;/q-1;. The molecule has 1 aliphatic rings. The second-order valence-corrected chi connectivity index (χ2v) is 1.96. The molecule has 0 heterocycles. The van der Waals surface area contributed by atoms with E-state index in [2.05, 4.69) is 26.0 Å². The Balaban J connectivity index is 0.000000490. The largest absolute Gasteiger partial charge is 0.253 e. The zero-order valence-electron chi connectivity index (χ0n) is 5.28. The first kappa shape index (κ1) is 8.36. The van der Waals surface area contributed by atoms with Gasteiger partial charge in [0, 0.05) is 26.2 Å². The summed E-state index contributed by atoms with van der Waals surface area (Å²) in [5.74, 6) is 0. The summed E-state index contributed by atoms with van der Waals surface area (Å²) in [6.07, 6.45) is 6.31. The fourth-order valence-corrected chi connectivity index (χ4v) is 0.634. The van der Waals surface area contributed by atoms with Gasteiger partial charge in [0.15, 0.2) is 0 Å². The molecule has 0 atom stereocenters. The Bertz CT molecular complexity index is 131. The molecule has 0 saturated carbocycles. The van der Waals surface area contributed by atoms with E-state index in [0.29, 0.717) is 0 Å². The molecule has 0 nitrogen and oxygen atoms in total. The Morgan fingerprint density at radius 2 is 2.12 bits per heavy atom. The second kappa shape index (κ2) is 3.40. The molecule has 0 saturated heterocycles. The van der Waals surface area contributed by atoms with Gasteiger partial charge in [0.05, 0.1) is 0 Å². The van der Waals surface area contributed by atoms with E-state index in [4.69, 9.17) is 0 Å². The average molecular weight is 184 g/mol. The minimum Gasteiger partial charge on any atom is -0.253 e. The first-order valence-corrected chi connectivity index (χ1v) is 2.55. The van der Waals surface area contributed by atoms with Gasteiger partial charge in [0.2, 0.25) is 0 Å². The SMILES string of the molecule is CC1=C(C)CC=[C-]1.[Zr]. The van der Waals surface area contributed by atoms with Crippen molar-refractivity contribution < 1.29 is 26.2 Å². The van der Waals surface area contributed by atoms with Crippen LogP contribution in [-0.4, -0.2) is 0 Å². The van der Waals surface area contributed by atoms with Crippen molar-refractivity contribution in [1.29, 1.82) is 0 Å². The van der Waals surface area contributed by atoms with E-state index in [-0.39, 0.29) is 26.2 Å². The Labute approximate surface area is 69.8 Å². The molecule has 1 rings (SSSR count). The molecule has 0 bridgehead atoms. The molecule has 0 unspecified atom stereocenters. The van der Waals surface area contributed by atoms with E-state index in [9.17, 15) is 0 Å². The Kier molecular flexibility index (Phi) is 3.55. The molecule has 42 valence electrons. The third kappa shape index (κ3) is 1.70. The van der Waals surface area contributed by atoms with Crippen LogP contribution in [0.1, 0.15) is 20.3 Å². The fourth-order valence-electron chi connectivity index (χ4n) is 0.634. The van der Waals surface area contributed by atoms with Gasteiger partial charge < -0.3 is 0 Å². The Morgan fingerprint density at radius 3 is 2.25 bits per heavy atom. The van der Waals surface area contributed by atoms with E-state index in [1.165, 1.54) is 11.1 Å². The van der Waals surface area contributed by atoms with Crippen molar-refractivity contribution in [3.63, 3.8) is 0 Å². The summed E-state index contributed by atoms with van der Waals surface area (Å²) in [4.78, 5) is 0. The topological polar surface area (TPSA) is 0 Å². The molecular formula is C7H9Zr-. The molecule has 0 aromatic heterocycles. The van der Waals surface area contributed by atoms with Crippen LogP contribution < -0.4 is 0 Å². The molecule has 0 aromatic carbocycles. The van der Waals surface area contributed by atoms with Gasteiger partial charge in [-0.3, -0.25) is 6.08 Å². The smallest absolute Gasteiger partial charge is 0 e. The normalized spacial score (nSPS) is 16.8. The van der Waals surface area contributed by atoms with Crippen LogP contribution in [0.3, 0.4) is 0 Å². The van der Waals surface area contributed by atoms with Crippen molar-refractivity contribution in [1.82, 2.24) is 0 Å². The summed E-state index contributed by atoms with van der Waals surface area (Å²) < 4.78 is 0. The van der Waals surface area contributed by atoms with Crippen LogP contribution in [0.15, 0.2) is 17.2 Å². The van der Waals surface area contributed by atoms with Crippen molar-refractivity contribution in [2.24, 2.45) is 0 Å². The van der Waals surface area contributed by atoms with Crippen molar-refractivity contribution in [2.45, 2.75) is 20.3 Å². The minimum atomic E-state index is 0. The van der Waals surface area contributed by atoms with Gasteiger partial charge in [-0.1, -0.05) is 13.3 Å². The van der Waals surface area contributed by atoms with Gasteiger partial charge in [-0.05, 0) is 0 Å². The summed E-state index contributed by atoms with van der Waals surface area (Å²) in [5.41, 5.74) is 2.78. The van der Waals surface area contributed by atoms with Gasteiger partial charge >= 0.3 is 0 Å². The van der Waals surface area contributed by atoms with Gasteiger partial charge in [-0.15, -0.1) is 6.92 Å². The first-order valence-electron chi connectivity index (χ1n) is 2.55. The van der Waals surface area contributed by atoms with Gasteiger partial charge in [0.25, 0.3) is 0 Å². The Morgan fingerprint density at radius 1 is 1.50 bits per heavy atom. The van der Waals surface area contributed by atoms with Crippen molar-refractivity contribution in [2.75, 3.05) is 0 Å². The van der Waals surface area contributed by atoms with Crippen molar-refractivity contribution in [3.05, 3.63) is 23.3 Å². The number of hydrogen-bond acceptors (Lipinski definition) is 0. The summed E-state index contributed by atoms with van der Waals surface area (Å²) in [5, 5.41) is 0. The third-order valence-electron chi connectivity index (χ3n) is 1.37. The van der Waals surface area contributed by atoms with Crippen LogP contribution in [0.2, 0.25) is 0 Å². The maximum Gasteiger partial charge on any atom is 0 e. The predicted molar refractivity (Wildman–Crippen MR) is 30.8 cm³/mol.